The topological polar surface area (TPSA) is 102 Å². The minimum atomic E-state index is -0.550. The van der Waals surface area contributed by atoms with Crippen molar-refractivity contribution in [2.45, 2.75) is 0 Å². The first kappa shape index (κ1) is 22.8. The number of esters is 1. The molecule has 9 nitrogen and oxygen atoms in total. The van der Waals surface area contributed by atoms with Crippen molar-refractivity contribution in [1.29, 1.82) is 0 Å². The largest absolute Gasteiger partial charge is 0.493 e. The Morgan fingerprint density at radius 1 is 0.800 bits per heavy atom. The molecule has 9 heteroatoms. The number of hydrogen-bond donors (Lipinski definition) is 1. The Bertz CT molecular complexity index is 868. The van der Waals surface area contributed by atoms with Gasteiger partial charge >= 0.3 is 5.97 Å². The molecule has 0 aliphatic heterocycles. The van der Waals surface area contributed by atoms with Crippen molar-refractivity contribution in [2.75, 3.05) is 53.6 Å². The number of carbonyl (C=O) groups is 2. The third-order valence-electron chi connectivity index (χ3n) is 3.97. The van der Waals surface area contributed by atoms with Gasteiger partial charge in [-0.3, -0.25) is 4.79 Å². The van der Waals surface area contributed by atoms with Crippen molar-refractivity contribution in [3.05, 3.63) is 42.0 Å². The molecule has 0 radical (unpaired) electrons. The summed E-state index contributed by atoms with van der Waals surface area (Å²) < 4.78 is 31.0. The predicted octanol–water partition coefficient (Wildman–Crippen LogP) is 2.53. The zero-order valence-electron chi connectivity index (χ0n) is 17.4. The lowest BCUT2D eigenvalue weighted by Gasteiger charge is -2.14. The van der Waals surface area contributed by atoms with Gasteiger partial charge in [-0.15, -0.1) is 0 Å². The Morgan fingerprint density at radius 2 is 1.47 bits per heavy atom. The van der Waals surface area contributed by atoms with Crippen LogP contribution in [-0.2, 0) is 14.3 Å². The van der Waals surface area contributed by atoms with Gasteiger partial charge in [0.1, 0.15) is 6.61 Å². The highest BCUT2D eigenvalue weighted by molar-refractivity contribution is 6.04. The molecule has 0 heterocycles. The lowest BCUT2D eigenvalue weighted by atomic mass is 10.1. The van der Waals surface area contributed by atoms with Crippen LogP contribution in [0.3, 0.4) is 0 Å². The second-order valence-electron chi connectivity index (χ2n) is 5.89. The molecule has 162 valence electrons. The second-order valence-corrected chi connectivity index (χ2v) is 5.89. The summed E-state index contributed by atoms with van der Waals surface area (Å²) in [6.45, 7) is 0.447. The van der Waals surface area contributed by atoms with Crippen LogP contribution in [0.2, 0.25) is 0 Å². The molecule has 0 fully saturated rings. The predicted molar refractivity (Wildman–Crippen MR) is 109 cm³/mol. The van der Waals surface area contributed by atoms with Gasteiger partial charge in [-0.2, -0.15) is 0 Å². The third-order valence-corrected chi connectivity index (χ3v) is 3.97. The van der Waals surface area contributed by atoms with Gasteiger partial charge in [0.25, 0.3) is 5.91 Å². The fourth-order valence-corrected chi connectivity index (χ4v) is 2.43. The van der Waals surface area contributed by atoms with E-state index in [4.69, 9.17) is 23.7 Å². The number of amides is 1. The summed E-state index contributed by atoms with van der Waals surface area (Å²) in [5, 5.41) is 2.79. The SMILES string of the molecule is COCCOc1cc(NC(=O)c2ccc(OC)c(OCC(=O)OC)c2)ccc1OC. The van der Waals surface area contributed by atoms with Crippen LogP contribution in [0.25, 0.3) is 0 Å². The van der Waals surface area contributed by atoms with Crippen molar-refractivity contribution in [3.8, 4) is 23.0 Å². The first-order chi connectivity index (χ1) is 14.5. The van der Waals surface area contributed by atoms with Gasteiger partial charge in [0.15, 0.2) is 29.6 Å². The van der Waals surface area contributed by atoms with Crippen molar-refractivity contribution in [2.24, 2.45) is 0 Å². The van der Waals surface area contributed by atoms with E-state index in [1.165, 1.54) is 27.4 Å². The van der Waals surface area contributed by atoms with Gasteiger partial charge in [0.2, 0.25) is 0 Å². The summed E-state index contributed by atoms with van der Waals surface area (Å²) in [4.78, 5) is 24.0. The first-order valence-electron chi connectivity index (χ1n) is 9.01. The first-order valence-corrected chi connectivity index (χ1v) is 9.01. The highest BCUT2D eigenvalue weighted by Crippen LogP contribution is 2.31. The summed E-state index contributed by atoms with van der Waals surface area (Å²) in [6.07, 6.45) is 0. The average Bonchev–Trinajstić information content (AvgIpc) is 2.77. The highest BCUT2D eigenvalue weighted by Gasteiger charge is 2.14. The van der Waals surface area contributed by atoms with Gasteiger partial charge in [0.05, 0.1) is 27.9 Å². The molecule has 0 bridgehead atoms. The van der Waals surface area contributed by atoms with Crippen LogP contribution in [0.1, 0.15) is 10.4 Å². The van der Waals surface area contributed by atoms with E-state index in [0.29, 0.717) is 41.7 Å². The standard InChI is InChI=1S/C21H25NO8/c1-25-9-10-29-19-12-15(6-8-17(19)27-3)22-21(24)14-5-7-16(26-2)18(11-14)30-13-20(23)28-4/h5-8,11-12H,9-10,13H2,1-4H3,(H,22,24). The average molecular weight is 419 g/mol. The molecule has 0 atom stereocenters. The Morgan fingerprint density at radius 3 is 2.10 bits per heavy atom. The molecule has 30 heavy (non-hydrogen) atoms. The Balaban J connectivity index is 2.16. The normalized spacial score (nSPS) is 10.1. The lowest BCUT2D eigenvalue weighted by Crippen LogP contribution is -2.15. The summed E-state index contributed by atoms with van der Waals surface area (Å²) in [7, 11) is 5.83. The van der Waals surface area contributed by atoms with Gasteiger partial charge in [0, 0.05) is 24.4 Å². The van der Waals surface area contributed by atoms with Gasteiger partial charge in [-0.05, 0) is 30.3 Å². The van der Waals surface area contributed by atoms with E-state index >= 15 is 0 Å². The van der Waals surface area contributed by atoms with Crippen molar-refractivity contribution < 1.29 is 38.0 Å². The fourth-order valence-electron chi connectivity index (χ4n) is 2.43. The Labute approximate surface area is 174 Å². The number of hydrogen-bond acceptors (Lipinski definition) is 8. The minimum Gasteiger partial charge on any atom is -0.493 e. The number of anilines is 1. The lowest BCUT2D eigenvalue weighted by molar-refractivity contribution is -0.142. The van der Waals surface area contributed by atoms with Crippen LogP contribution in [0, 0.1) is 0 Å². The molecule has 0 unspecified atom stereocenters. The van der Waals surface area contributed by atoms with Crippen molar-refractivity contribution in [3.63, 3.8) is 0 Å². The fraction of sp³-hybridized carbons (Fsp3) is 0.333. The number of rotatable bonds is 11. The highest BCUT2D eigenvalue weighted by atomic mass is 16.6. The molecule has 0 aliphatic rings. The molecule has 0 saturated heterocycles. The number of carbonyl (C=O) groups excluding carboxylic acids is 2. The van der Waals surface area contributed by atoms with E-state index in [1.54, 1.807) is 37.4 Å². The maximum atomic E-state index is 12.7. The molecule has 1 N–H and O–H groups in total. The number of methoxy groups -OCH3 is 4. The molecule has 0 aromatic heterocycles. The summed E-state index contributed by atoms with van der Waals surface area (Å²) in [5.74, 6) is 0.707. The maximum absolute atomic E-state index is 12.7. The van der Waals surface area contributed by atoms with Crippen LogP contribution < -0.4 is 24.3 Å². The van der Waals surface area contributed by atoms with E-state index < -0.39 is 5.97 Å². The Kier molecular flexibility index (Phi) is 8.76. The quantitative estimate of drug-likeness (QED) is 0.438. The molecule has 1 amide bonds. The number of ether oxygens (including phenoxy) is 6. The van der Waals surface area contributed by atoms with Crippen LogP contribution in [0.15, 0.2) is 36.4 Å². The Hall–Kier alpha value is -3.46. The smallest absolute Gasteiger partial charge is 0.343 e. The minimum absolute atomic E-state index is 0.244. The molecule has 2 aromatic rings. The molecule has 0 spiro atoms. The van der Waals surface area contributed by atoms with E-state index in [9.17, 15) is 9.59 Å². The number of nitrogens with one attached hydrogen (secondary N) is 1. The number of benzene rings is 2. The van der Waals surface area contributed by atoms with E-state index in [0.717, 1.165) is 0 Å². The summed E-state index contributed by atoms with van der Waals surface area (Å²) in [5.41, 5.74) is 0.828. The maximum Gasteiger partial charge on any atom is 0.343 e. The van der Waals surface area contributed by atoms with E-state index in [2.05, 4.69) is 10.1 Å². The summed E-state index contributed by atoms with van der Waals surface area (Å²) >= 11 is 0. The van der Waals surface area contributed by atoms with Gasteiger partial charge < -0.3 is 33.7 Å². The molecule has 0 saturated carbocycles. The monoisotopic (exact) mass is 419 g/mol. The molecular formula is C21H25NO8. The van der Waals surface area contributed by atoms with Gasteiger partial charge in [-0.25, -0.2) is 4.79 Å². The van der Waals surface area contributed by atoms with Crippen LogP contribution >= 0.6 is 0 Å². The van der Waals surface area contributed by atoms with Crippen LogP contribution in [0.5, 0.6) is 23.0 Å². The van der Waals surface area contributed by atoms with E-state index in [-0.39, 0.29) is 18.3 Å². The molecule has 2 rings (SSSR count). The van der Waals surface area contributed by atoms with Crippen molar-refractivity contribution in [1.82, 2.24) is 0 Å². The van der Waals surface area contributed by atoms with Crippen LogP contribution in [-0.4, -0.2) is 60.1 Å². The molecule has 0 aliphatic carbocycles. The van der Waals surface area contributed by atoms with Crippen molar-refractivity contribution >= 4 is 17.6 Å². The summed E-state index contributed by atoms with van der Waals surface area (Å²) in [6, 6.07) is 9.68. The van der Waals surface area contributed by atoms with Gasteiger partial charge in [-0.1, -0.05) is 0 Å². The van der Waals surface area contributed by atoms with E-state index in [1.807, 2.05) is 0 Å². The molecule has 2 aromatic carbocycles. The second kappa shape index (κ2) is 11.5. The van der Waals surface area contributed by atoms with Crippen LogP contribution in [0.4, 0.5) is 5.69 Å². The zero-order valence-corrected chi connectivity index (χ0v) is 17.4. The third kappa shape index (κ3) is 6.28. The zero-order chi connectivity index (χ0) is 21.9. The molecular weight excluding hydrogens is 394 g/mol.